The number of aryl methyl sites for hydroxylation is 1. The van der Waals surface area contributed by atoms with Crippen LogP contribution in [0.3, 0.4) is 0 Å². The first-order valence-corrected chi connectivity index (χ1v) is 10.0. The van der Waals surface area contributed by atoms with Gasteiger partial charge in [-0.15, -0.1) is 11.3 Å². The number of carbonyl (C=O) groups excluding carboxylic acids is 2. The van der Waals surface area contributed by atoms with Crippen LogP contribution < -0.4 is 14.8 Å². The molecule has 2 aromatic rings. The predicted octanol–water partition coefficient (Wildman–Crippen LogP) is 4.30. The van der Waals surface area contributed by atoms with Crippen molar-refractivity contribution in [3.05, 3.63) is 45.6 Å². The monoisotopic (exact) mass is 387 g/mol. The lowest BCUT2D eigenvalue weighted by molar-refractivity contribution is -0.122. The van der Waals surface area contributed by atoms with Gasteiger partial charge >= 0.3 is 0 Å². The van der Waals surface area contributed by atoms with Gasteiger partial charge in [0.2, 0.25) is 5.91 Å². The van der Waals surface area contributed by atoms with E-state index in [2.05, 4.69) is 19.2 Å². The Labute approximate surface area is 163 Å². The van der Waals surface area contributed by atoms with Crippen LogP contribution in [-0.2, 0) is 4.79 Å². The summed E-state index contributed by atoms with van der Waals surface area (Å²) in [5.74, 6) is 1.54. The van der Waals surface area contributed by atoms with Crippen molar-refractivity contribution >= 4 is 23.0 Å². The topological polar surface area (TPSA) is 64.6 Å². The molecule has 1 aliphatic rings. The van der Waals surface area contributed by atoms with E-state index in [0.29, 0.717) is 23.8 Å². The molecule has 1 aliphatic heterocycles. The molecule has 1 amide bonds. The van der Waals surface area contributed by atoms with Crippen LogP contribution in [0.5, 0.6) is 11.5 Å². The molecule has 1 aromatic heterocycles. The third kappa shape index (κ3) is 4.89. The molecule has 144 valence electrons. The fourth-order valence-electron chi connectivity index (χ4n) is 3.07. The first-order chi connectivity index (χ1) is 12.9. The number of fused-ring (bicyclic) bond motifs is 1. The molecular formula is C21H25NO4S. The number of ether oxygens (including phenoxy) is 2. The van der Waals surface area contributed by atoms with Crippen LogP contribution in [0.2, 0.25) is 0 Å². The molecule has 0 fully saturated rings. The minimum absolute atomic E-state index is 0.0173. The number of nitrogens with one attached hydrogen (secondary N) is 1. The Balaban J connectivity index is 1.62. The van der Waals surface area contributed by atoms with Crippen molar-refractivity contribution in [1.29, 1.82) is 0 Å². The largest absolute Gasteiger partial charge is 0.486 e. The molecule has 2 heterocycles. The van der Waals surface area contributed by atoms with Gasteiger partial charge in [-0.05, 0) is 42.7 Å². The summed E-state index contributed by atoms with van der Waals surface area (Å²) in [6.45, 7) is 7.16. The van der Waals surface area contributed by atoms with Crippen LogP contribution in [0.1, 0.15) is 52.8 Å². The van der Waals surface area contributed by atoms with E-state index in [4.69, 9.17) is 9.47 Å². The van der Waals surface area contributed by atoms with E-state index >= 15 is 0 Å². The smallest absolute Gasteiger partial charge is 0.220 e. The zero-order chi connectivity index (χ0) is 19.4. The van der Waals surface area contributed by atoms with E-state index in [1.54, 1.807) is 0 Å². The van der Waals surface area contributed by atoms with Crippen molar-refractivity contribution in [3.63, 3.8) is 0 Å². The normalized spacial score (nSPS) is 14.1. The summed E-state index contributed by atoms with van der Waals surface area (Å²) in [6.07, 6.45) is 0.404. The number of ketones is 1. The van der Waals surface area contributed by atoms with Gasteiger partial charge in [-0.1, -0.05) is 19.9 Å². The molecule has 1 N–H and O–H groups in total. The second-order valence-corrected chi connectivity index (χ2v) is 8.31. The molecule has 0 aliphatic carbocycles. The summed E-state index contributed by atoms with van der Waals surface area (Å²) in [6, 6.07) is 9.37. The number of hydrogen-bond acceptors (Lipinski definition) is 5. The Morgan fingerprint density at radius 3 is 2.48 bits per heavy atom. The molecule has 3 rings (SSSR count). The van der Waals surface area contributed by atoms with Crippen LogP contribution in [-0.4, -0.2) is 24.9 Å². The van der Waals surface area contributed by atoms with Crippen molar-refractivity contribution in [3.8, 4) is 11.5 Å². The maximum Gasteiger partial charge on any atom is 0.220 e. The fraction of sp³-hybridized carbons (Fsp3) is 0.429. The van der Waals surface area contributed by atoms with Gasteiger partial charge in [-0.25, -0.2) is 0 Å². The van der Waals surface area contributed by atoms with Crippen LogP contribution in [0.15, 0.2) is 30.3 Å². The average molecular weight is 388 g/mol. The Morgan fingerprint density at radius 1 is 1.07 bits per heavy atom. The highest BCUT2D eigenvalue weighted by molar-refractivity contribution is 7.14. The molecule has 27 heavy (non-hydrogen) atoms. The lowest BCUT2D eigenvalue weighted by Gasteiger charge is -2.25. The number of rotatable bonds is 7. The Bertz CT molecular complexity index is 827. The number of benzene rings is 1. The zero-order valence-corrected chi connectivity index (χ0v) is 16.7. The van der Waals surface area contributed by atoms with Crippen molar-refractivity contribution in [2.24, 2.45) is 5.92 Å². The van der Waals surface area contributed by atoms with Gasteiger partial charge in [0.05, 0.1) is 10.9 Å². The Morgan fingerprint density at radius 2 is 1.81 bits per heavy atom. The summed E-state index contributed by atoms with van der Waals surface area (Å²) in [5, 5.41) is 3.07. The molecule has 0 saturated carbocycles. The van der Waals surface area contributed by atoms with E-state index in [9.17, 15) is 9.59 Å². The second-order valence-electron chi connectivity index (χ2n) is 7.03. The van der Waals surface area contributed by atoms with Gasteiger partial charge in [0, 0.05) is 17.7 Å². The van der Waals surface area contributed by atoms with Gasteiger partial charge in [-0.3, -0.25) is 9.59 Å². The minimum atomic E-state index is -0.146. The molecule has 5 nitrogen and oxygen atoms in total. The third-order valence-electron chi connectivity index (χ3n) is 4.50. The van der Waals surface area contributed by atoms with E-state index in [-0.39, 0.29) is 36.5 Å². The lowest BCUT2D eigenvalue weighted by atomic mass is 9.95. The molecule has 0 spiro atoms. The van der Waals surface area contributed by atoms with E-state index < -0.39 is 0 Å². The summed E-state index contributed by atoms with van der Waals surface area (Å²) in [4.78, 5) is 26.5. The van der Waals surface area contributed by atoms with Crippen LogP contribution in [0.4, 0.5) is 0 Å². The summed E-state index contributed by atoms with van der Waals surface area (Å²) >= 11 is 1.47. The van der Waals surface area contributed by atoms with Gasteiger partial charge in [0.15, 0.2) is 17.3 Å². The van der Waals surface area contributed by atoms with Gasteiger partial charge in [-0.2, -0.15) is 0 Å². The maximum absolute atomic E-state index is 12.4. The predicted molar refractivity (Wildman–Crippen MR) is 106 cm³/mol. The molecule has 0 radical (unpaired) electrons. The standard InChI is InChI=1S/C21H25NO4S/c1-13(2)21(15-5-7-17-18(12-15)26-11-10-25-17)22-20(24)9-6-16(23)19-8-4-14(3)27-19/h4-5,7-8,12-13,21H,6,9-11H2,1-3H3,(H,22,24). The van der Waals surface area contributed by atoms with Crippen molar-refractivity contribution in [2.45, 2.75) is 39.7 Å². The summed E-state index contributed by atoms with van der Waals surface area (Å²) < 4.78 is 11.2. The molecule has 1 unspecified atom stereocenters. The quantitative estimate of drug-likeness (QED) is 0.719. The lowest BCUT2D eigenvalue weighted by Crippen LogP contribution is -2.32. The molecule has 0 saturated heterocycles. The maximum atomic E-state index is 12.4. The number of hydrogen-bond donors (Lipinski definition) is 1. The van der Waals surface area contributed by atoms with Gasteiger partial charge in [0.1, 0.15) is 13.2 Å². The highest BCUT2D eigenvalue weighted by Crippen LogP contribution is 2.34. The molecule has 0 bridgehead atoms. The highest BCUT2D eigenvalue weighted by Gasteiger charge is 2.22. The van der Waals surface area contributed by atoms with Crippen LogP contribution in [0.25, 0.3) is 0 Å². The summed E-state index contributed by atoms with van der Waals surface area (Å²) in [5.41, 5.74) is 0.975. The summed E-state index contributed by atoms with van der Waals surface area (Å²) in [7, 11) is 0. The fourth-order valence-corrected chi connectivity index (χ4v) is 3.90. The van der Waals surface area contributed by atoms with E-state index in [1.807, 2.05) is 37.3 Å². The van der Waals surface area contributed by atoms with Crippen LogP contribution in [0, 0.1) is 12.8 Å². The Kier molecular flexibility index (Phi) is 6.16. The number of carbonyl (C=O) groups is 2. The molecule has 1 aromatic carbocycles. The highest BCUT2D eigenvalue weighted by atomic mass is 32.1. The van der Waals surface area contributed by atoms with Crippen LogP contribution >= 0.6 is 11.3 Å². The molecule has 6 heteroatoms. The van der Waals surface area contributed by atoms with E-state index in [0.717, 1.165) is 16.2 Å². The third-order valence-corrected chi connectivity index (χ3v) is 5.54. The van der Waals surface area contributed by atoms with Crippen molar-refractivity contribution in [1.82, 2.24) is 5.32 Å². The minimum Gasteiger partial charge on any atom is -0.486 e. The SMILES string of the molecule is Cc1ccc(C(=O)CCC(=O)NC(c2ccc3c(c2)OCCO3)C(C)C)s1. The molecule has 1 atom stereocenters. The Hall–Kier alpha value is -2.34. The number of Topliss-reactive ketones (excluding diaryl/α,β-unsaturated/α-hetero) is 1. The zero-order valence-electron chi connectivity index (χ0n) is 15.9. The first-order valence-electron chi connectivity index (χ1n) is 9.22. The molecular weight excluding hydrogens is 362 g/mol. The number of thiophene rings is 1. The second kappa shape index (κ2) is 8.57. The number of amides is 1. The van der Waals surface area contributed by atoms with Crippen molar-refractivity contribution in [2.75, 3.05) is 13.2 Å². The first kappa shape index (κ1) is 19.4. The van der Waals surface area contributed by atoms with Crippen molar-refractivity contribution < 1.29 is 19.1 Å². The van der Waals surface area contributed by atoms with Gasteiger partial charge in [0.25, 0.3) is 0 Å². The van der Waals surface area contributed by atoms with Gasteiger partial charge < -0.3 is 14.8 Å². The average Bonchev–Trinajstić information content (AvgIpc) is 3.10. The van der Waals surface area contributed by atoms with E-state index in [1.165, 1.54) is 11.3 Å².